The van der Waals surface area contributed by atoms with Crippen molar-refractivity contribution in [1.82, 2.24) is 19.7 Å². The summed E-state index contributed by atoms with van der Waals surface area (Å²) < 4.78 is 39.2. The molecule has 0 fully saturated rings. The molecule has 0 atom stereocenters. The Balaban J connectivity index is 2.44. The van der Waals surface area contributed by atoms with Gasteiger partial charge in [-0.05, 0) is 0 Å². The Morgan fingerprint density at radius 2 is 2.11 bits per heavy atom. The van der Waals surface area contributed by atoms with Crippen LogP contribution in [0.2, 0.25) is 0 Å². The van der Waals surface area contributed by atoms with E-state index in [1.165, 1.54) is 17.2 Å². The number of hydrogen-bond acceptors (Lipinski definition) is 4. The van der Waals surface area contributed by atoms with Crippen molar-refractivity contribution in [3.63, 3.8) is 0 Å². The number of rotatable bonds is 4. The number of aromatic nitrogens is 4. The van der Waals surface area contributed by atoms with Crippen molar-refractivity contribution in [2.24, 2.45) is 7.05 Å². The van der Waals surface area contributed by atoms with Crippen LogP contribution in [-0.2, 0) is 7.05 Å². The third kappa shape index (κ3) is 3.06. The molecule has 5 nitrogen and oxygen atoms in total. The van der Waals surface area contributed by atoms with E-state index < -0.39 is 12.7 Å². The van der Waals surface area contributed by atoms with Crippen LogP contribution in [0.25, 0.3) is 11.0 Å². The summed E-state index contributed by atoms with van der Waals surface area (Å²) in [6.07, 6.45) is -1.66. The summed E-state index contributed by atoms with van der Waals surface area (Å²) >= 11 is 5.56. The first kappa shape index (κ1) is 13.9. The van der Waals surface area contributed by atoms with E-state index in [2.05, 4.69) is 15.1 Å². The first-order valence-corrected chi connectivity index (χ1v) is 5.96. The molecule has 0 radical (unpaired) electrons. The van der Waals surface area contributed by atoms with Gasteiger partial charge in [0.1, 0.15) is 18.7 Å². The molecule has 0 saturated heterocycles. The number of alkyl halides is 4. The van der Waals surface area contributed by atoms with Crippen molar-refractivity contribution in [3.8, 4) is 0 Å². The Kier molecular flexibility index (Phi) is 3.79. The maximum atomic E-state index is 12.6. The van der Waals surface area contributed by atoms with Gasteiger partial charge >= 0.3 is 6.18 Å². The highest BCUT2D eigenvalue weighted by atomic mass is 35.5. The zero-order chi connectivity index (χ0) is 14.0. The molecule has 0 saturated carbocycles. The van der Waals surface area contributed by atoms with Gasteiger partial charge in [0.15, 0.2) is 5.65 Å². The fourth-order valence-electron chi connectivity index (χ4n) is 1.78. The molecule has 0 N–H and O–H groups in total. The minimum Gasteiger partial charge on any atom is -0.346 e. The number of nitrogens with zero attached hydrogens (tertiary/aromatic N) is 5. The Morgan fingerprint density at radius 3 is 2.74 bits per heavy atom. The molecular weight excluding hydrogens is 283 g/mol. The summed E-state index contributed by atoms with van der Waals surface area (Å²) in [4.78, 5) is 9.00. The molecule has 9 heteroatoms. The maximum absolute atomic E-state index is 12.6. The average molecular weight is 294 g/mol. The molecule has 2 rings (SSSR count). The van der Waals surface area contributed by atoms with Crippen LogP contribution in [0.1, 0.15) is 0 Å². The lowest BCUT2D eigenvalue weighted by Crippen LogP contribution is -2.36. The Hall–Kier alpha value is -1.57. The van der Waals surface area contributed by atoms with Gasteiger partial charge in [-0.25, -0.2) is 9.97 Å². The average Bonchev–Trinajstić information content (AvgIpc) is 2.69. The molecule has 104 valence electrons. The van der Waals surface area contributed by atoms with Crippen LogP contribution >= 0.6 is 11.6 Å². The van der Waals surface area contributed by atoms with Gasteiger partial charge < -0.3 is 4.90 Å². The van der Waals surface area contributed by atoms with Gasteiger partial charge in [-0.1, -0.05) is 0 Å². The van der Waals surface area contributed by atoms with Gasteiger partial charge in [-0.2, -0.15) is 18.3 Å². The smallest absolute Gasteiger partial charge is 0.346 e. The Labute approximate surface area is 112 Å². The molecule has 0 aliphatic rings. The van der Waals surface area contributed by atoms with E-state index in [4.69, 9.17) is 11.6 Å². The van der Waals surface area contributed by atoms with E-state index in [1.807, 2.05) is 0 Å². The van der Waals surface area contributed by atoms with E-state index in [-0.39, 0.29) is 18.2 Å². The summed E-state index contributed by atoms with van der Waals surface area (Å²) in [6.45, 7) is -1.07. The lowest BCUT2D eigenvalue weighted by molar-refractivity contribution is -0.119. The van der Waals surface area contributed by atoms with Crippen LogP contribution in [-0.4, -0.2) is 44.9 Å². The Bertz CT molecular complexity index is 568. The fraction of sp³-hybridized carbons (Fsp3) is 0.500. The number of fused-ring (bicyclic) bond motifs is 1. The molecule has 2 aromatic heterocycles. The second-order valence-corrected chi connectivity index (χ2v) is 4.31. The van der Waals surface area contributed by atoms with E-state index in [0.717, 1.165) is 4.90 Å². The number of halogens is 4. The van der Waals surface area contributed by atoms with Crippen LogP contribution in [0.15, 0.2) is 12.5 Å². The van der Waals surface area contributed by atoms with Crippen LogP contribution < -0.4 is 4.90 Å². The summed E-state index contributed by atoms with van der Waals surface area (Å²) in [5.74, 6) is 0.262. The van der Waals surface area contributed by atoms with Crippen LogP contribution in [0.4, 0.5) is 19.0 Å². The van der Waals surface area contributed by atoms with E-state index in [9.17, 15) is 13.2 Å². The highest BCUT2D eigenvalue weighted by molar-refractivity contribution is 6.18. The SMILES string of the molecule is Cn1ncc2c(N(CCCl)CC(F)(F)F)ncnc21. The monoisotopic (exact) mass is 293 g/mol. The largest absolute Gasteiger partial charge is 0.405 e. The van der Waals surface area contributed by atoms with Crippen molar-refractivity contribution in [3.05, 3.63) is 12.5 Å². The third-order valence-electron chi connectivity index (χ3n) is 2.53. The van der Waals surface area contributed by atoms with Crippen molar-refractivity contribution in [2.45, 2.75) is 6.18 Å². The standard InChI is InChI=1S/C10H11ClF3N5/c1-18-8-7(4-17-18)9(16-6-15-8)19(3-2-11)5-10(12,13)14/h4,6H,2-3,5H2,1H3. The second kappa shape index (κ2) is 5.20. The molecule has 0 bridgehead atoms. The minimum atomic E-state index is -4.33. The number of anilines is 1. The van der Waals surface area contributed by atoms with Crippen LogP contribution in [0.5, 0.6) is 0 Å². The van der Waals surface area contributed by atoms with Crippen molar-refractivity contribution in [1.29, 1.82) is 0 Å². The van der Waals surface area contributed by atoms with E-state index in [1.54, 1.807) is 7.05 Å². The first-order valence-electron chi connectivity index (χ1n) is 5.43. The number of hydrogen-bond donors (Lipinski definition) is 0. The summed E-state index contributed by atoms with van der Waals surface area (Å²) in [5.41, 5.74) is 0.478. The molecule has 0 spiro atoms. The lowest BCUT2D eigenvalue weighted by Gasteiger charge is -2.24. The van der Waals surface area contributed by atoms with Gasteiger partial charge in [0.2, 0.25) is 0 Å². The van der Waals surface area contributed by atoms with Gasteiger partial charge in [-0.15, -0.1) is 11.6 Å². The first-order chi connectivity index (χ1) is 8.92. The molecule has 2 heterocycles. The summed E-state index contributed by atoms with van der Waals surface area (Å²) in [7, 11) is 1.66. The molecule has 0 aromatic carbocycles. The molecule has 0 aliphatic carbocycles. The zero-order valence-corrected chi connectivity index (χ0v) is 10.8. The molecule has 19 heavy (non-hydrogen) atoms. The maximum Gasteiger partial charge on any atom is 0.405 e. The van der Waals surface area contributed by atoms with Crippen molar-refractivity contribution in [2.75, 3.05) is 23.9 Å². The predicted octanol–water partition coefficient (Wildman–Crippen LogP) is 1.97. The molecule has 0 aliphatic heterocycles. The summed E-state index contributed by atoms with van der Waals surface area (Å²) in [5, 5.41) is 4.44. The number of aryl methyl sites for hydroxylation is 1. The summed E-state index contributed by atoms with van der Waals surface area (Å²) in [6, 6.07) is 0. The van der Waals surface area contributed by atoms with Gasteiger partial charge in [0, 0.05) is 19.5 Å². The van der Waals surface area contributed by atoms with E-state index >= 15 is 0 Å². The molecule has 0 unspecified atom stereocenters. The minimum absolute atomic E-state index is 0.0437. The second-order valence-electron chi connectivity index (χ2n) is 3.93. The zero-order valence-electron chi connectivity index (χ0n) is 10.0. The Morgan fingerprint density at radius 1 is 1.37 bits per heavy atom. The fourth-order valence-corrected chi connectivity index (χ4v) is 1.98. The molecule has 0 amide bonds. The van der Waals surface area contributed by atoms with E-state index in [0.29, 0.717) is 11.0 Å². The molecule has 2 aromatic rings. The topological polar surface area (TPSA) is 46.8 Å². The lowest BCUT2D eigenvalue weighted by atomic mass is 10.3. The van der Waals surface area contributed by atoms with Gasteiger partial charge in [0.25, 0.3) is 0 Å². The van der Waals surface area contributed by atoms with Crippen molar-refractivity contribution >= 4 is 28.5 Å². The van der Waals surface area contributed by atoms with Crippen LogP contribution in [0, 0.1) is 0 Å². The highest BCUT2D eigenvalue weighted by Crippen LogP contribution is 2.25. The normalized spacial score (nSPS) is 12.1. The van der Waals surface area contributed by atoms with Crippen molar-refractivity contribution < 1.29 is 13.2 Å². The van der Waals surface area contributed by atoms with Gasteiger partial charge in [-0.3, -0.25) is 4.68 Å². The quantitative estimate of drug-likeness (QED) is 0.809. The highest BCUT2D eigenvalue weighted by Gasteiger charge is 2.32. The predicted molar refractivity (Wildman–Crippen MR) is 65.3 cm³/mol. The molecular formula is C10H11ClF3N5. The third-order valence-corrected chi connectivity index (χ3v) is 2.70. The van der Waals surface area contributed by atoms with Gasteiger partial charge in [0.05, 0.1) is 11.6 Å². The van der Waals surface area contributed by atoms with Crippen LogP contribution in [0.3, 0.4) is 0 Å².